The number of anilines is 1. The van der Waals surface area contributed by atoms with Crippen LogP contribution in [0.15, 0.2) is 41.5 Å². The topological polar surface area (TPSA) is 98.8 Å². The van der Waals surface area contributed by atoms with Gasteiger partial charge in [-0.15, -0.1) is 6.42 Å². The number of hydrogen-bond acceptors (Lipinski definition) is 6. The van der Waals surface area contributed by atoms with Crippen LogP contribution in [0.25, 0.3) is 0 Å². The monoisotopic (exact) mass is 450 g/mol. The standard InChI is InChI=1S/C21H18F4N4O3/c1-3-8-31-13-5-7-16(27-11-13)18(30)28-12-4-6-15(22)14(9-12)20(2)10-17(21(23,24)25)32-19(26)29-20/h1,4-7,9,11,17H,8,10H2,2H3,(H2,26,29)(H,28,30)/t17-,20-/m0/s1. The van der Waals surface area contributed by atoms with E-state index < -0.39 is 42.0 Å². The highest BCUT2D eigenvalue weighted by atomic mass is 19.4. The number of amides is 1. The molecule has 1 amide bonds. The number of nitrogens with one attached hydrogen (secondary N) is 1. The second-order valence-electron chi connectivity index (χ2n) is 7.10. The summed E-state index contributed by atoms with van der Waals surface area (Å²) in [5.41, 5.74) is 3.74. The molecule has 1 aromatic carbocycles. The minimum Gasteiger partial charge on any atom is -0.479 e. The Labute approximate surface area is 180 Å². The lowest BCUT2D eigenvalue weighted by molar-refractivity contribution is -0.208. The van der Waals surface area contributed by atoms with Gasteiger partial charge in [-0.1, -0.05) is 5.92 Å². The van der Waals surface area contributed by atoms with Crippen molar-refractivity contribution in [2.45, 2.75) is 31.2 Å². The molecule has 11 heteroatoms. The Hall–Kier alpha value is -3.81. The maximum absolute atomic E-state index is 14.6. The minimum atomic E-state index is -4.72. The average molecular weight is 450 g/mol. The molecule has 0 bridgehead atoms. The van der Waals surface area contributed by atoms with Gasteiger partial charge in [0, 0.05) is 17.7 Å². The predicted octanol–water partition coefficient (Wildman–Crippen LogP) is 3.37. The van der Waals surface area contributed by atoms with E-state index in [-0.39, 0.29) is 23.6 Å². The van der Waals surface area contributed by atoms with E-state index in [2.05, 4.69) is 26.0 Å². The van der Waals surface area contributed by atoms with E-state index in [0.717, 1.165) is 6.07 Å². The van der Waals surface area contributed by atoms with Crippen molar-refractivity contribution in [2.24, 2.45) is 10.7 Å². The van der Waals surface area contributed by atoms with Crippen molar-refractivity contribution in [1.82, 2.24) is 4.98 Å². The number of rotatable bonds is 5. The smallest absolute Gasteiger partial charge is 0.425 e. The Kier molecular flexibility index (Phi) is 6.25. The summed E-state index contributed by atoms with van der Waals surface area (Å²) in [6.07, 6.45) is -1.25. The summed E-state index contributed by atoms with van der Waals surface area (Å²) < 4.78 is 63.9. The summed E-state index contributed by atoms with van der Waals surface area (Å²) in [7, 11) is 0. The van der Waals surface area contributed by atoms with Gasteiger partial charge >= 0.3 is 6.18 Å². The number of pyridine rings is 1. The van der Waals surface area contributed by atoms with Crippen LogP contribution < -0.4 is 15.8 Å². The normalized spacial score (nSPS) is 20.5. The highest BCUT2D eigenvalue weighted by Gasteiger charge is 2.50. The van der Waals surface area contributed by atoms with Crippen LogP contribution in [0.3, 0.4) is 0 Å². The molecule has 3 N–H and O–H groups in total. The summed E-state index contributed by atoms with van der Waals surface area (Å²) in [5.74, 6) is 1.23. The molecule has 0 aliphatic carbocycles. The molecule has 1 aliphatic rings. The predicted molar refractivity (Wildman–Crippen MR) is 107 cm³/mol. The number of aromatic nitrogens is 1. The summed E-state index contributed by atoms with van der Waals surface area (Å²) >= 11 is 0. The molecule has 168 valence electrons. The number of benzene rings is 1. The Morgan fingerprint density at radius 1 is 1.41 bits per heavy atom. The van der Waals surface area contributed by atoms with Crippen LogP contribution in [0.2, 0.25) is 0 Å². The fraction of sp³-hybridized carbons (Fsp3) is 0.286. The van der Waals surface area contributed by atoms with Gasteiger partial charge in [0.15, 0.2) is 6.10 Å². The number of nitrogens with zero attached hydrogens (tertiary/aromatic N) is 2. The van der Waals surface area contributed by atoms with E-state index in [1.807, 2.05) is 0 Å². The van der Waals surface area contributed by atoms with Crippen molar-refractivity contribution in [1.29, 1.82) is 0 Å². The van der Waals surface area contributed by atoms with Crippen LogP contribution in [-0.2, 0) is 10.3 Å². The van der Waals surface area contributed by atoms with Crippen molar-refractivity contribution in [3.63, 3.8) is 0 Å². The first-order valence-corrected chi connectivity index (χ1v) is 9.24. The molecule has 7 nitrogen and oxygen atoms in total. The Bertz CT molecular complexity index is 1080. The summed E-state index contributed by atoms with van der Waals surface area (Å²) in [5, 5.41) is 2.52. The molecule has 3 rings (SSSR count). The van der Waals surface area contributed by atoms with Gasteiger partial charge in [0.2, 0.25) is 0 Å². The van der Waals surface area contributed by atoms with Crippen molar-refractivity contribution in [3.8, 4) is 18.1 Å². The highest BCUT2D eigenvalue weighted by molar-refractivity contribution is 6.02. The lowest BCUT2D eigenvalue weighted by Gasteiger charge is -2.36. The number of ether oxygens (including phenoxy) is 2. The van der Waals surface area contributed by atoms with Crippen LogP contribution in [0, 0.1) is 18.2 Å². The molecular formula is C21H18F4N4O3. The number of hydrogen-bond donors (Lipinski definition) is 2. The van der Waals surface area contributed by atoms with Crippen LogP contribution in [0.1, 0.15) is 29.4 Å². The third kappa shape index (κ3) is 5.08. The van der Waals surface area contributed by atoms with Crippen LogP contribution in [0.5, 0.6) is 5.75 Å². The summed E-state index contributed by atoms with van der Waals surface area (Å²) in [6.45, 7) is 1.35. The summed E-state index contributed by atoms with van der Waals surface area (Å²) in [4.78, 5) is 20.3. The minimum absolute atomic E-state index is 0.0283. The van der Waals surface area contributed by atoms with Crippen LogP contribution in [0.4, 0.5) is 23.2 Å². The van der Waals surface area contributed by atoms with Crippen molar-refractivity contribution in [3.05, 3.63) is 53.6 Å². The largest absolute Gasteiger partial charge is 0.479 e. The molecule has 2 atom stereocenters. The molecule has 0 spiro atoms. The van der Waals surface area contributed by atoms with E-state index in [1.54, 1.807) is 0 Å². The van der Waals surface area contributed by atoms with Crippen molar-refractivity contribution in [2.75, 3.05) is 11.9 Å². The second kappa shape index (κ2) is 8.74. The average Bonchev–Trinajstić information content (AvgIpc) is 2.72. The van der Waals surface area contributed by atoms with E-state index in [9.17, 15) is 22.4 Å². The number of aliphatic imine (C=N–C) groups is 1. The molecule has 0 unspecified atom stereocenters. The first-order valence-electron chi connectivity index (χ1n) is 9.24. The van der Waals surface area contributed by atoms with Gasteiger partial charge in [-0.05, 0) is 37.3 Å². The molecule has 0 saturated heterocycles. The van der Waals surface area contributed by atoms with Crippen LogP contribution >= 0.6 is 0 Å². The zero-order valence-electron chi connectivity index (χ0n) is 16.7. The molecule has 2 heterocycles. The quantitative estimate of drug-likeness (QED) is 0.538. The fourth-order valence-electron chi connectivity index (χ4n) is 3.15. The molecule has 32 heavy (non-hydrogen) atoms. The van der Waals surface area contributed by atoms with E-state index in [4.69, 9.17) is 16.9 Å². The van der Waals surface area contributed by atoms with Crippen molar-refractivity contribution < 1.29 is 31.8 Å². The van der Waals surface area contributed by atoms with Gasteiger partial charge < -0.3 is 20.5 Å². The fourth-order valence-corrected chi connectivity index (χ4v) is 3.15. The third-order valence-electron chi connectivity index (χ3n) is 4.66. The molecule has 0 radical (unpaired) electrons. The highest BCUT2D eigenvalue weighted by Crippen LogP contribution is 2.41. The van der Waals surface area contributed by atoms with Crippen molar-refractivity contribution >= 4 is 17.6 Å². The molecule has 0 saturated carbocycles. The van der Waals surface area contributed by atoms with Gasteiger partial charge in [0.05, 0.1) is 11.7 Å². The number of nitrogens with two attached hydrogens (primary N) is 1. The number of halogens is 4. The lowest BCUT2D eigenvalue weighted by atomic mass is 9.85. The molecule has 1 aliphatic heterocycles. The third-order valence-corrected chi connectivity index (χ3v) is 4.66. The van der Waals surface area contributed by atoms with Crippen LogP contribution in [-0.4, -0.2) is 35.8 Å². The molecule has 1 aromatic heterocycles. The number of carbonyl (C=O) groups is 1. The van der Waals surface area contributed by atoms with Gasteiger partial charge in [-0.3, -0.25) is 4.79 Å². The Morgan fingerprint density at radius 2 is 2.16 bits per heavy atom. The first kappa shape index (κ1) is 22.9. The van der Waals surface area contributed by atoms with Gasteiger partial charge in [0.1, 0.15) is 23.9 Å². The zero-order chi connectivity index (χ0) is 23.5. The van der Waals surface area contributed by atoms with E-state index >= 15 is 0 Å². The second-order valence-corrected chi connectivity index (χ2v) is 7.10. The molecular weight excluding hydrogens is 432 g/mol. The number of terminal acetylenes is 1. The first-order chi connectivity index (χ1) is 15.0. The lowest BCUT2D eigenvalue weighted by Crippen LogP contribution is -2.46. The van der Waals surface area contributed by atoms with Gasteiger partial charge in [-0.25, -0.2) is 14.4 Å². The maximum atomic E-state index is 14.6. The van der Waals surface area contributed by atoms with Gasteiger partial charge in [-0.2, -0.15) is 13.2 Å². The number of amidine groups is 1. The Morgan fingerprint density at radius 3 is 2.78 bits per heavy atom. The van der Waals surface area contributed by atoms with E-state index in [1.165, 1.54) is 37.4 Å². The molecule has 0 fully saturated rings. The zero-order valence-corrected chi connectivity index (χ0v) is 16.7. The number of carbonyl (C=O) groups excluding carboxylic acids is 1. The molecule has 2 aromatic rings. The Balaban J connectivity index is 1.83. The van der Waals surface area contributed by atoms with Gasteiger partial charge in [0.25, 0.3) is 11.9 Å². The van der Waals surface area contributed by atoms with E-state index in [0.29, 0.717) is 5.75 Å². The SMILES string of the molecule is C#CCOc1ccc(C(=O)Nc2ccc(F)c([C@]3(C)C[C@@H](C(F)(F)F)OC(N)=N3)c2)nc1. The summed E-state index contributed by atoms with van der Waals surface area (Å²) in [6, 6.07) is 5.67. The number of alkyl halides is 3. The maximum Gasteiger partial charge on any atom is 0.425 e.